The molecule has 0 fully saturated rings. The Hall–Kier alpha value is -2.09. The van der Waals surface area contributed by atoms with Crippen molar-refractivity contribution in [3.8, 4) is 0 Å². The van der Waals surface area contributed by atoms with E-state index >= 15 is 0 Å². The topological polar surface area (TPSA) is 17.8 Å². The molecule has 0 atom stereocenters. The molecule has 1 aromatic heterocycles. The van der Waals surface area contributed by atoms with Crippen LogP contribution in [0.4, 0.5) is 0 Å². The summed E-state index contributed by atoms with van der Waals surface area (Å²) in [4.78, 5) is 0. The molecular formula is C15H14N2. The second kappa shape index (κ2) is 4.06. The zero-order chi connectivity index (χ0) is 11.7. The molecule has 0 aliphatic carbocycles. The van der Waals surface area contributed by atoms with Crippen LogP contribution in [-0.4, -0.2) is 9.78 Å². The first-order valence-corrected chi connectivity index (χ1v) is 5.79. The first kappa shape index (κ1) is 10.1. The van der Waals surface area contributed by atoms with E-state index in [-0.39, 0.29) is 0 Å². The average molecular weight is 222 g/mol. The summed E-state index contributed by atoms with van der Waals surface area (Å²) in [6.45, 7) is 2.93. The third kappa shape index (κ3) is 1.94. The van der Waals surface area contributed by atoms with Crippen molar-refractivity contribution >= 4 is 10.9 Å². The van der Waals surface area contributed by atoms with Gasteiger partial charge < -0.3 is 0 Å². The summed E-state index contributed by atoms with van der Waals surface area (Å²) in [6, 6.07) is 16.9. The molecule has 84 valence electrons. The van der Waals surface area contributed by atoms with Crippen molar-refractivity contribution in [3.63, 3.8) is 0 Å². The van der Waals surface area contributed by atoms with Crippen molar-refractivity contribution in [1.82, 2.24) is 9.78 Å². The van der Waals surface area contributed by atoms with Gasteiger partial charge in [0, 0.05) is 5.39 Å². The lowest BCUT2D eigenvalue weighted by Crippen LogP contribution is -2.00. The minimum atomic E-state index is 0.827. The molecule has 0 radical (unpaired) electrons. The van der Waals surface area contributed by atoms with Crippen molar-refractivity contribution in [1.29, 1.82) is 0 Å². The third-order valence-corrected chi connectivity index (χ3v) is 2.97. The number of rotatable bonds is 2. The summed E-state index contributed by atoms with van der Waals surface area (Å²) in [5, 5.41) is 5.66. The number of nitrogens with zero attached hydrogens (tertiary/aromatic N) is 2. The number of hydrogen-bond acceptors (Lipinski definition) is 1. The van der Waals surface area contributed by atoms with E-state index in [1.165, 1.54) is 22.0 Å². The zero-order valence-electron chi connectivity index (χ0n) is 9.80. The van der Waals surface area contributed by atoms with Crippen LogP contribution in [-0.2, 0) is 6.54 Å². The number of benzene rings is 2. The van der Waals surface area contributed by atoms with Gasteiger partial charge in [-0.2, -0.15) is 5.10 Å². The van der Waals surface area contributed by atoms with Crippen molar-refractivity contribution in [3.05, 3.63) is 65.9 Å². The molecule has 0 bridgehead atoms. The van der Waals surface area contributed by atoms with Gasteiger partial charge in [0.15, 0.2) is 0 Å². The molecule has 3 rings (SSSR count). The lowest BCUT2D eigenvalue weighted by molar-refractivity contribution is 0.712. The molecule has 2 aromatic carbocycles. The Morgan fingerprint density at radius 2 is 1.88 bits per heavy atom. The summed E-state index contributed by atoms with van der Waals surface area (Å²) >= 11 is 0. The van der Waals surface area contributed by atoms with Crippen LogP contribution >= 0.6 is 0 Å². The van der Waals surface area contributed by atoms with Gasteiger partial charge in [-0.05, 0) is 24.6 Å². The Balaban J connectivity index is 2.01. The first-order chi connectivity index (χ1) is 8.33. The highest BCUT2D eigenvalue weighted by Gasteiger charge is 2.02. The fourth-order valence-electron chi connectivity index (χ4n) is 2.09. The molecular weight excluding hydrogens is 208 g/mol. The van der Waals surface area contributed by atoms with E-state index in [1.807, 2.05) is 16.9 Å². The highest BCUT2D eigenvalue weighted by Crippen LogP contribution is 2.16. The van der Waals surface area contributed by atoms with Crippen LogP contribution in [0, 0.1) is 6.92 Å². The second-order valence-corrected chi connectivity index (χ2v) is 4.35. The Morgan fingerprint density at radius 1 is 1.06 bits per heavy atom. The number of fused-ring (bicyclic) bond motifs is 1. The number of aromatic nitrogens is 2. The normalized spacial score (nSPS) is 10.9. The Morgan fingerprint density at radius 3 is 2.71 bits per heavy atom. The predicted molar refractivity (Wildman–Crippen MR) is 70.0 cm³/mol. The van der Waals surface area contributed by atoms with Crippen LogP contribution in [0.25, 0.3) is 10.9 Å². The van der Waals surface area contributed by atoms with E-state index in [4.69, 9.17) is 0 Å². The van der Waals surface area contributed by atoms with Crippen LogP contribution in [0.15, 0.2) is 54.7 Å². The Bertz CT molecular complexity index is 638. The van der Waals surface area contributed by atoms with Crippen molar-refractivity contribution < 1.29 is 0 Å². The van der Waals surface area contributed by atoms with E-state index in [1.54, 1.807) is 0 Å². The molecule has 0 saturated carbocycles. The Kier molecular flexibility index (Phi) is 2.41. The van der Waals surface area contributed by atoms with Gasteiger partial charge >= 0.3 is 0 Å². The second-order valence-electron chi connectivity index (χ2n) is 4.35. The fourth-order valence-corrected chi connectivity index (χ4v) is 2.09. The van der Waals surface area contributed by atoms with E-state index in [0.29, 0.717) is 0 Å². The smallest absolute Gasteiger partial charge is 0.0686 e. The fraction of sp³-hybridized carbons (Fsp3) is 0.133. The van der Waals surface area contributed by atoms with Crippen LogP contribution in [0.1, 0.15) is 11.1 Å². The molecule has 17 heavy (non-hydrogen) atoms. The molecule has 0 spiro atoms. The van der Waals surface area contributed by atoms with Gasteiger partial charge in [-0.1, -0.05) is 42.0 Å². The van der Waals surface area contributed by atoms with E-state index in [9.17, 15) is 0 Å². The third-order valence-electron chi connectivity index (χ3n) is 2.97. The molecule has 0 aliphatic heterocycles. The highest BCUT2D eigenvalue weighted by atomic mass is 15.3. The molecule has 0 saturated heterocycles. The molecule has 2 heteroatoms. The molecule has 3 aromatic rings. The minimum absolute atomic E-state index is 0.827. The van der Waals surface area contributed by atoms with Crippen LogP contribution < -0.4 is 0 Å². The molecule has 0 N–H and O–H groups in total. The SMILES string of the molecule is Cc1ccc2c(cnn2Cc2ccccc2)c1. The minimum Gasteiger partial charge on any atom is -0.260 e. The number of aryl methyl sites for hydroxylation is 1. The van der Waals surface area contributed by atoms with Crippen molar-refractivity contribution in [2.24, 2.45) is 0 Å². The maximum Gasteiger partial charge on any atom is 0.0686 e. The average Bonchev–Trinajstić information content (AvgIpc) is 2.73. The largest absolute Gasteiger partial charge is 0.260 e. The van der Waals surface area contributed by atoms with Crippen LogP contribution in [0.2, 0.25) is 0 Å². The molecule has 0 amide bonds. The lowest BCUT2D eigenvalue weighted by Gasteiger charge is -2.03. The zero-order valence-corrected chi connectivity index (χ0v) is 9.80. The maximum absolute atomic E-state index is 4.45. The van der Waals surface area contributed by atoms with Crippen LogP contribution in [0.5, 0.6) is 0 Å². The van der Waals surface area contributed by atoms with Gasteiger partial charge in [-0.3, -0.25) is 4.68 Å². The van der Waals surface area contributed by atoms with Gasteiger partial charge in [0.2, 0.25) is 0 Å². The summed E-state index contributed by atoms with van der Waals surface area (Å²) in [5.74, 6) is 0. The predicted octanol–water partition coefficient (Wildman–Crippen LogP) is 3.39. The summed E-state index contributed by atoms with van der Waals surface area (Å²) in [7, 11) is 0. The maximum atomic E-state index is 4.45. The number of hydrogen-bond donors (Lipinski definition) is 0. The van der Waals surface area contributed by atoms with Gasteiger partial charge in [-0.25, -0.2) is 0 Å². The standard InChI is InChI=1S/C15H14N2/c1-12-7-8-15-14(9-12)10-16-17(15)11-13-5-3-2-4-6-13/h2-10H,11H2,1H3. The molecule has 0 unspecified atom stereocenters. The molecule has 1 heterocycles. The highest BCUT2D eigenvalue weighted by molar-refractivity contribution is 5.79. The molecule has 0 aliphatic rings. The summed E-state index contributed by atoms with van der Waals surface area (Å²) < 4.78 is 2.05. The van der Waals surface area contributed by atoms with Crippen molar-refractivity contribution in [2.75, 3.05) is 0 Å². The van der Waals surface area contributed by atoms with Gasteiger partial charge in [-0.15, -0.1) is 0 Å². The van der Waals surface area contributed by atoms with E-state index in [0.717, 1.165) is 6.54 Å². The summed E-state index contributed by atoms with van der Waals surface area (Å²) in [5.41, 5.74) is 3.74. The Labute approximate surface area is 101 Å². The van der Waals surface area contributed by atoms with Gasteiger partial charge in [0.25, 0.3) is 0 Å². The van der Waals surface area contributed by atoms with Crippen molar-refractivity contribution in [2.45, 2.75) is 13.5 Å². The summed E-state index contributed by atoms with van der Waals surface area (Å²) in [6.07, 6.45) is 1.94. The van der Waals surface area contributed by atoms with E-state index < -0.39 is 0 Å². The molecule has 2 nitrogen and oxygen atoms in total. The van der Waals surface area contributed by atoms with E-state index in [2.05, 4.69) is 54.5 Å². The van der Waals surface area contributed by atoms with Crippen LogP contribution in [0.3, 0.4) is 0 Å². The van der Waals surface area contributed by atoms with Gasteiger partial charge in [0.1, 0.15) is 0 Å². The quantitative estimate of drug-likeness (QED) is 0.650. The lowest BCUT2D eigenvalue weighted by atomic mass is 10.2. The van der Waals surface area contributed by atoms with Gasteiger partial charge in [0.05, 0.1) is 18.3 Å². The monoisotopic (exact) mass is 222 g/mol. The first-order valence-electron chi connectivity index (χ1n) is 5.79.